The zero-order chi connectivity index (χ0) is 13.5. The highest BCUT2D eigenvalue weighted by atomic mass is 16.6. The van der Waals surface area contributed by atoms with Crippen molar-refractivity contribution in [2.75, 3.05) is 18.4 Å². The second-order valence-corrected chi connectivity index (χ2v) is 3.78. The summed E-state index contributed by atoms with van der Waals surface area (Å²) in [7, 11) is 0. The van der Waals surface area contributed by atoms with Gasteiger partial charge in [-0.3, -0.25) is 14.9 Å². The van der Waals surface area contributed by atoms with Gasteiger partial charge in [0.25, 0.3) is 11.6 Å². The maximum absolute atomic E-state index is 11.8. The Balaban J connectivity index is 3.07. The van der Waals surface area contributed by atoms with Crippen molar-refractivity contribution in [2.45, 2.75) is 20.3 Å². The van der Waals surface area contributed by atoms with Crippen LogP contribution in [0.15, 0.2) is 18.2 Å². The topological polar surface area (TPSA) is 84.3 Å². The fraction of sp³-hybridized carbons (Fsp3) is 0.417. The number of benzene rings is 1. The summed E-state index contributed by atoms with van der Waals surface area (Å²) >= 11 is 0. The van der Waals surface area contributed by atoms with Crippen LogP contribution in [0.4, 0.5) is 11.4 Å². The van der Waals surface area contributed by atoms with Crippen LogP contribution in [0.3, 0.4) is 0 Å². The summed E-state index contributed by atoms with van der Waals surface area (Å²) in [4.78, 5) is 22.1. The fourth-order valence-electron chi connectivity index (χ4n) is 1.51. The molecule has 0 saturated heterocycles. The summed E-state index contributed by atoms with van der Waals surface area (Å²) in [5, 5.41) is 16.5. The van der Waals surface area contributed by atoms with E-state index in [2.05, 4.69) is 10.6 Å². The number of nitrogens with one attached hydrogen (secondary N) is 2. The Morgan fingerprint density at radius 3 is 2.67 bits per heavy atom. The number of carbonyl (C=O) groups is 1. The third-order valence-corrected chi connectivity index (χ3v) is 2.35. The molecular formula is C12H17N3O3. The van der Waals surface area contributed by atoms with Gasteiger partial charge in [-0.25, -0.2) is 0 Å². The van der Waals surface area contributed by atoms with E-state index in [-0.39, 0.29) is 11.3 Å². The molecule has 0 heterocycles. The lowest BCUT2D eigenvalue weighted by molar-refractivity contribution is -0.385. The molecule has 0 bridgehead atoms. The van der Waals surface area contributed by atoms with Gasteiger partial charge in [0.15, 0.2) is 0 Å². The molecule has 98 valence electrons. The molecule has 1 amide bonds. The molecule has 0 spiro atoms. The Bertz CT molecular complexity index is 446. The van der Waals surface area contributed by atoms with Crippen LogP contribution in [0.1, 0.15) is 30.6 Å². The molecule has 0 aliphatic rings. The van der Waals surface area contributed by atoms with Crippen LogP contribution in [0.5, 0.6) is 0 Å². The van der Waals surface area contributed by atoms with Crippen LogP contribution in [0, 0.1) is 10.1 Å². The van der Waals surface area contributed by atoms with Gasteiger partial charge in [0.2, 0.25) is 0 Å². The molecule has 1 aromatic carbocycles. The summed E-state index contributed by atoms with van der Waals surface area (Å²) in [6.45, 7) is 4.97. The van der Waals surface area contributed by atoms with E-state index in [0.29, 0.717) is 12.2 Å². The quantitative estimate of drug-likeness (QED) is 0.599. The minimum atomic E-state index is -0.547. The van der Waals surface area contributed by atoms with Crippen LogP contribution in [-0.2, 0) is 0 Å². The summed E-state index contributed by atoms with van der Waals surface area (Å²) < 4.78 is 0. The first-order valence-electron chi connectivity index (χ1n) is 5.90. The van der Waals surface area contributed by atoms with Gasteiger partial charge in [-0.15, -0.1) is 0 Å². The van der Waals surface area contributed by atoms with Gasteiger partial charge in [0.05, 0.1) is 4.92 Å². The predicted octanol–water partition coefficient (Wildman–Crippen LogP) is 2.17. The number of hydrogen-bond donors (Lipinski definition) is 2. The molecular weight excluding hydrogens is 234 g/mol. The summed E-state index contributed by atoms with van der Waals surface area (Å²) in [6.07, 6.45) is 0.938. The normalized spacial score (nSPS) is 9.89. The molecule has 0 atom stereocenters. The minimum absolute atomic E-state index is 0.0861. The SMILES string of the molecule is CCCNc1ccc([N+](=O)[O-])c(C(=O)NCC)c1. The van der Waals surface area contributed by atoms with Gasteiger partial charge < -0.3 is 10.6 Å². The fourth-order valence-corrected chi connectivity index (χ4v) is 1.51. The van der Waals surface area contributed by atoms with Crippen molar-refractivity contribution in [3.05, 3.63) is 33.9 Å². The van der Waals surface area contributed by atoms with E-state index in [9.17, 15) is 14.9 Å². The van der Waals surface area contributed by atoms with Crippen molar-refractivity contribution in [2.24, 2.45) is 0 Å². The Labute approximate surface area is 106 Å². The van der Waals surface area contributed by atoms with Gasteiger partial charge >= 0.3 is 0 Å². The monoisotopic (exact) mass is 251 g/mol. The number of rotatable bonds is 6. The lowest BCUT2D eigenvalue weighted by atomic mass is 10.1. The molecule has 18 heavy (non-hydrogen) atoms. The van der Waals surface area contributed by atoms with E-state index in [1.165, 1.54) is 12.1 Å². The van der Waals surface area contributed by atoms with Crippen molar-refractivity contribution in [3.63, 3.8) is 0 Å². The van der Waals surface area contributed by atoms with E-state index >= 15 is 0 Å². The highest BCUT2D eigenvalue weighted by Gasteiger charge is 2.19. The lowest BCUT2D eigenvalue weighted by Crippen LogP contribution is -2.23. The summed E-state index contributed by atoms with van der Waals surface area (Å²) in [5.74, 6) is -0.427. The van der Waals surface area contributed by atoms with Gasteiger partial charge in [0.1, 0.15) is 5.56 Å². The molecule has 6 heteroatoms. The van der Waals surface area contributed by atoms with Crippen LogP contribution >= 0.6 is 0 Å². The zero-order valence-electron chi connectivity index (χ0n) is 10.5. The summed E-state index contributed by atoms with van der Waals surface area (Å²) in [5.41, 5.74) is 0.620. The Hall–Kier alpha value is -2.11. The smallest absolute Gasteiger partial charge is 0.282 e. The third-order valence-electron chi connectivity index (χ3n) is 2.35. The number of anilines is 1. The average Bonchev–Trinajstić information content (AvgIpc) is 2.36. The molecule has 2 N–H and O–H groups in total. The van der Waals surface area contributed by atoms with E-state index in [1.807, 2.05) is 6.92 Å². The van der Waals surface area contributed by atoms with Crippen molar-refractivity contribution in [1.29, 1.82) is 0 Å². The molecule has 1 aromatic rings. The summed E-state index contributed by atoms with van der Waals surface area (Å²) in [6, 6.07) is 4.47. The Morgan fingerprint density at radius 1 is 1.39 bits per heavy atom. The number of amides is 1. The molecule has 0 aliphatic heterocycles. The highest BCUT2D eigenvalue weighted by molar-refractivity contribution is 5.99. The second-order valence-electron chi connectivity index (χ2n) is 3.78. The highest BCUT2D eigenvalue weighted by Crippen LogP contribution is 2.22. The van der Waals surface area contributed by atoms with E-state index in [0.717, 1.165) is 13.0 Å². The second kappa shape index (κ2) is 6.58. The van der Waals surface area contributed by atoms with E-state index in [4.69, 9.17) is 0 Å². The molecule has 0 aliphatic carbocycles. The van der Waals surface area contributed by atoms with Gasteiger partial charge in [0, 0.05) is 24.8 Å². The first-order chi connectivity index (χ1) is 8.60. The van der Waals surface area contributed by atoms with Gasteiger partial charge in [-0.1, -0.05) is 6.92 Å². The number of hydrogen-bond acceptors (Lipinski definition) is 4. The predicted molar refractivity (Wildman–Crippen MR) is 69.9 cm³/mol. The Kier molecular flexibility index (Phi) is 5.10. The van der Waals surface area contributed by atoms with Crippen molar-refractivity contribution in [3.8, 4) is 0 Å². The van der Waals surface area contributed by atoms with Crippen LogP contribution < -0.4 is 10.6 Å². The van der Waals surface area contributed by atoms with Gasteiger partial charge in [-0.2, -0.15) is 0 Å². The third kappa shape index (κ3) is 3.44. The lowest BCUT2D eigenvalue weighted by Gasteiger charge is -2.08. The maximum Gasteiger partial charge on any atom is 0.282 e. The maximum atomic E-state index is 11.8. The van der Waals surface area contributed by atoms with Crippen molar-refractivity contribution >= 4 is 17.3 Å². The molecule has 6 nitrogen and oxygen atoms in total. The van der Waals surface area contributed by atoms with Crippen molar-refractivity contribution < 1.29 is 9.72 Å². The standard InChI is InChI=1S/C12H17N3O3/c1-3-7-14-9-5-6-11(15(17)18)10(8-9)12(16)13-4-2/h5-6,8,14H,3-4,7H2,1-2H3,(H,13,16). The number of nitrogens with zero attached hydrogens (tertiary/aromatic N) is 1. The first-order valence-corrected chi connectivity index (χ1v) is 5.90. The number of nitro groups is 1. The minimum Gasteiger partial charge on any atom is -0.385 e. The van der Waals surface area contributed by atoms with E-state index in [1.54, 1.807) is 13.0 Å². The number of nitro benzene ring substituents is 1. The van der Waals surface area contributed by atoms with Gasteiger partial charge in [-0.05, 0) is 25.5 Å². The molecule has 0 radical (unpaired) electrons. The van der Waals surface area contributed by atoms with Crippen molar-refractivity contribution in [1.82, 2.24) is 5.32 Å². The molecule has 0 unspecified atom stereocenters. The van der Waals surface area contributed by atoms with Crippen LogP contribution in [0.2, 0.25) is 0 Å². The average molecular weight is 251 g/mol. The Morgan fingerprint density at radius 2 is 2.11 bits per heavy atom. The molecule has 0 fully saturated rings. The van der Waals surface area contributed by atoms with Crippen LogP contribution in [0.25, 0.3) is 0 Å². The van der Waals surface area contributed by atoms with Crippen LogP contribution in [-0.4, -0.2) is 23.9 Å². The first kappa shape index (κ1) is 14.0. The largest absolute Gasteiger partial charge is 0.385 e. The molecule has 1 rings (SSSR count). The molecule has 0 saturated carbocycles. The molecule has 0 aromatic heterocycles. The number of carbonyl (C=O) groups excluding carboxylic acids is 1. The van der Waals surface area contributed by atoms with E-state index < -0.39 is 10.8 Å². The zero-order valence-corrected chi connectivity index (χ0v) is 10.5.